The first-order valence-electron chi connectivity index (χ1n) is 8.50. The standard InChI is InChI=1S/C20H16ClF3N4S/c1-13-18(9-10-25-17-4-2-3-15(11-17)20(22,23)24)26-19(28-27-13)29-12-14-5-7-16(21)8-6-14/h2-11,25H,12H2,1H3. The number of halogens is 4. The van der Waals surface area contributed by atoms with E-state index in [1.54, 1.807) is 19.1 Å². The van der Waals surface area contributed by atoms with Crippen molar-refractivity contribution in [2.75, 3.05) is 5.32 Å². The Morgan fingerprint density at radius 2 is 1.86 bits per heavy atom. The molecule has 0 radical (unpaired) electrons. The third kappa shape index (κ3) is 6.20. The molecule has 3 aromatic rings. The second-order valence-corrected chi connectivity index (χ2v) is 7.42. The first-order chi connectivity index (χ1) is 13.8. The van der Waals surface area contributed by atoms with Crippen LogP contribution in [0.1, 0.15) is 22.5 Å². The van der Waals surface area contributed by atoms with Gasteiger partial charge >= 0.3 is 6.18 Å². The maximum Gasteiger partial charge on any atom is 0.416 e. The van der Waals surface area contributed by atoms with E-state index in [9.17, 15) is 13.2 Å². The Kier molecular flexibility index (Phi) is 6.76. The summed E-state index contributed by atoms with van der Waals surface area (Å²) < 4.78 is 38.4. The fraction of sp³-hybridized carbons (Fsp3) is 0.150. The molecular formula is C20H16ClF3N4S. The number of alkyl halides is 3. The van der Waals surface area contributed by atoms with Crippen molar-refractivity contribution in [3.05, 3.63) is 82.3 Å². The van der Waals surface area contributed by atoms with E-state index in [0.29, 0.717) is 33.0 Å². The van der Waals surface area contributed by atoms with E-state index in [4.69, 9.17) is 11.6 Å². The van der Waals surface area contributed by atoms with Crippen molar-refractivity contribution in [1.29, 1.82) is 0 Å². The van der Waals surface area contributed by atoms with Gasteiger partial charge in [-0.05, 0) is 48.9 Å². The van der Waals surface area contributed by atoms with E-state index in [0.717, 1.165) is 17.7 Å². The number of benzene rings is 2. The minimum absolute atomic E-state index is 0.327. The summed E-state index contributed by atoms with van der Waals surface area (Å²) in [7, 11) is 0. The lowest BCUT2D eigenvalue weighted by Gasteiger charge is -2.08. The second-order valence-electron chi connectivity index (χ2n) is 6.04. The monoisotopic (exact) mass is 436 g/mol. The van der Waals surface area contributed by atoms with Crippen LogP contribution in [0.3, 0.4) is 0 Å². The number of thioether (sulfide) groups is 1. The highest BCUT2D eigenvalue weighted by atomic mass is 35.5. The van der Waals surface area contributed by atoms with Crippen LogP contribution >= 0.6 is 23.4 Å². The molecule has 3 rings (SSSR count). The summed E-state index contributed by atoms with van der Waals surface area (Å²) in [5, 5.41) is 12.2. The number of nitrogens with zero attached hydrogens (tertiary/aromatic N) is 3. The van der Waals surface area contributed by atoms with Gasteiger partial charge in [-0.3, -0.25) is 0 Å². The average Bonchev–Trinajstić information content (AvgIpc) is 2.69. The van der Waals surface area contributed by atoms with Crippen LogP contribution in [-0.2, 0) is 11.9 Å². The summed E-state index contributed by atoms with van der Waals surface area (Å²) in [6, 6.07) is 12.5. The Balaban J connectivity index is 1.66. The molecule has 0 fully saturated rings. The maximum atomic E-state index is 12.8. The summed E-state index contributed by atoms with van der Waals surface area (Å²) in [6.07, 6.45) is -1.21. The molecule has 0 spiro atoms. The normalized spacial score (nSPS) is 11.8. The van der Waals surface area contributed by atoms with E-state index in [1.807, 2.05) is 24.3 Å². The van der Waals surface area contributed by atoms with Gasteiger partial charge in [-0.2, -0.15) is 18.3 Å². The van der Waals surface area contributed by atoms with Crippen molar-refractivity contribution in [1.82, 2.24) is 15.2 Å². The van der Waals surface area contributed by atoms with E-state index in [1.165, 1.54) is 24.0 Å². The molecule has 29 heavy (non-hydrogen) atoms. The third-order valence-electron chi connectivity index (χ3n) is 3.83. The lowest BCUT2D eigenvalue weighted by Crippen LogP contribution is -2.05. The summed E-state index contributed by atoms with van der Waals surface area (Å²) in [6.45, 7) is 1.76. The lowest BCUT2D eigenvalue weighted by atomic mass is 10.2. The van der Waals surface area contributed by atoms with Crippen molar-refractivity contribution in [3.63, 3.8) is 0 Å². The van der Waals surface area contributed by atoms with E-state index in [-0.39, 0.29) is 0 Å². The van der Waals surface area contributed by atoms with Gasteiger partial charge in [0.2, 0.25) is 5.16 Å². The summed E-state index contributed by atoms with van der Waals surface area (Å²) in [5.74, 6) is 0.660. The molecule has 1 aromatic heterocycles. The zero-order valence-electron chi connectivity index (χ0n) is 15.2. The number of anilines is 1. The van der Waals surface area contributed by atoms with Crippen molar-refractivity contribution in [2.24, 2.45) is 0 Å². The molecule has 0 aliphatic heterocycles. The van der Waals surface area contributed by atoms with Crippen LogP contribution < -0.4 is 5.32 Å². The Hall–Kier alpha value is -2.58. The quantitative estimate of drug-likeness (QED) is 0.464. The molecule has 0 saturated carbocycles. The molecule has 9 heteroatoms. The number of hydrogen-bond acceptors (Lipinski definition) is 5. The van der Waals surface area contributed by atoms with Crippen molar-refractivity contribution >= 4 is 35.1 Å². The number of aromatic nitrogens is 3. The Morgan fingerprint density at radius 3 is 2.59 bits per heavy atom. The molecule has 0 saturated heterocycles. The molecule has 0 aliphatic carbocycles. The molecule has 1 heterocycles. The van der Waals surface area contributed by atoms with E-state index in [2.05, 4.69) is 20.5 Å². The summed E-state index contributed by atoms with van der Waals surface area (Å²) in [4.78, 5) is 4.45. The molecular weight excluding hydrogens is 421 g/mol. The first kappa shape index (κ1) is 21.1. The highest BCUT2D eigenvalue weighted by Gasteiger charge is 2.30. The number of nitrogens with one attached hydrogen (secondary N) is 1. The van der Waals surface area contributed by atoms with Gasteiger partial charge in [0.05, 0.1) is 17.0 Å². The minimum atomic E-state index is -4.38. The molecule has 0 aliphatic rings. The van der Waals surface area contributed by atoms with Crippen LogP contribution in [0.4, 0.5) is 18.9 Å². The lowest BCUT2D eigenvalue weighted by molar-refractivity contribution is -0.137. The van der Waals surface area contributed by atoms with Gasteiger partial charge < -0.3 is 5.32 Å². The smallest absolute Gasteiger partial charge is 0.362 e. The minimum Gasteiger partial charge on any atom is -0.362 e. The molecule has 0 unspecified atom stereocenters. The van der Waals surface area contributed by atoms with Crippen LogP contribution in [0.2, 0.25) is 5.02 Å². The first-order valence-corrected chi connectivity index (χ1v) is 9.86. The fourth-order valence-electron chi connectivity index (χ4n) is 2.32. The Morgan fingerprint density at radius 1 is 1.10 bits per heavy atom. The van der Waals surface area contributed by atoms with Crippen LogP contribution in [-0.4, -0.2) is 15.2 Å². The van der Waals surface area contributed by atoms with Crippen LogP contribution in [0.15, 0.2) is 59.9 Å². The van der Waals surface area contributed by atoms with Crippen LogP contribution in [0, 0.1) is 6.92 Å². The van der Waals surface area contributed by atoms with Crippen molar-refractivity contribution in [3.8, 4) is 0 Å². The maximum absolute atomic E-state index is 12.8. The predicted molar refractivity (Wildman–Crippen MR) is 110 cm³/mol. The highest BCUT2D eigenvalue weighted by Crippen LogP contribution is 2.30. The molecule has 0 bridgehead atoms. The van der Waals surface area contributed by atoms with Gasteiger partial charge in [0.25, 0.3) is 0 Å². The van der Waals surface area contributed by atoms with E-state index >= 15 is 0 Å². The van der Waals surface area contributed by atoms with Gasteiger partial charge in [-0.1, -0.05) is 41.6 Å². The van der Waals surface area contributed by atoms with Crippen molar-refractivity contribution < 1.29 is 13.2 Å². The SMILES string of the molecule is Cc1nnc(SCc2ccc(Cl)cc2)nc1C=CNc1cccc(C(F)(F)F)c1. The van der Waals surface area contributed by atoms with Gasteiger partial charge in [0.15, 0.2) is 0 Å². The molecule has 2 aromatic carbocycles. The van der Waals surface area contributed by atoms with Gasteiger partial charge in [0, 0.05) is 22.7 Å². The zero-order chi connectivity index (χ0) is 20.9. The van der Waals surface area contributed by atoms with Crippen LogP contribution in [0.25, 0.3) is 6.08 Å². The second kappa shape index (κ2) is 9.28. The molecule has 0 amide bonds. The Labute approximate surface area is 175 Å². The summed E-state index contributed by atoms with van der Waals surface area (Å²) >= 11 is 7.31. The zero-order valence-corrected chi connectivity index (χ0v) is 16.8. The van der Waals surface area contributed by atoms with Gasteiger partial charge in [-0.15, -0.1) is 5.10 Å². The van der Waals surface area contributed by atoms with E-state index < -0.39 is 11.7 Å². The molecule has 4 nitrogen and oxygen atoms in total. The number of aryl methyl sites for hydroxylation is 1. The van der Waals surface area contributed by atoms with Crippen molar-refractivity contribution in [2.45, 2.75) is 24.0 Å². The largest absolute Gasteiger partial charge is 0.416 e. The third-order valence-corrected chi connectivity index (χ3v) is 5.00. The predicted octanol–water partition coefficient (Wildman–Crippen LogP) is 6.23. The Bertz CT molecular complexity index is 1010. The summed E-state index contributed by atoms with van der Waals surface area (Å²) in [5.41, 5.74) is 1.89. The highest BCUT2D eigenvalue weighted by molar-refractivity contribution is 7.98. The molecule has 0 atom stereocenters. The average molecular weight is 437 g/mol. The number of hydrogen-bond donors (Lipinski definition) is 1. The van der Waals surface area contributed by atoms with Gasteiger partial charge in [-0.25, -0.2) is 4.98 Å². The molecule has 1 N–H and O–H groups in total. The van der Waals surface area contributed by atoms with Gasteiger partial charge in [0.1, 0.15) is 0 Å². The fourth-order valence-corrected chi connectivity index (χ4v) is 3.20. The number of rotatable bonds is 6. The van der Waals surface area contributed by atoms with Crippen LogP contribution in [0.5, 0.6) is 0 Å². The topological polar surface area (TPSA) is 50.7 Å². The molecule has 150 valence electrons.